The summed E-state index contributed by atoms with van der Waals surface area (Å²) in [5.74, 6) is -0.0917. The maximum atomic E-state index is 11.7. The summed E-state index contributed by atoms with van der Waals surface area (Å²) in [7, 11) is 0. The van der Waals surface area contributed by atoms with Gasteiger partial charge in [0.25, 0.3) is 0 Å². The lowest BCUT2D eigenvalue weighted by molar-refractivity contribution is -0.122. The first-order valence-electron chi connectivity index (χ1n) is 6.20. The minimum Gasteiger partial charge on any atom is -0.354 e. The molecule has 1 aliphatic rings. The predicted molar refractivity (Wildman–Crippen MR) is 78.0 cm³/mol. The Hall–Kier alpha value is -1.08. The van der Waals surface area contributed by atoms with Gasteiger partial charge in [-0.3, -0.25) is 4.79 Å². The lowest BCUT2D eigenvalue weighted by atomic mass is 10.1. The Morgan fingerprint density at radius 2 is 2.37 bits per heavy atom. The largest absolute Gasteiger partial charge is 0.354 e. The maximum Gasteiger partial charge on any atom is 0.315 e. The lowest BCUT2D eigenvalue weighted by Gasteiger charge is -2.15. The molecule has 104 valence electrons. The number of rotatable bonds is 3. The molecule has 3 N–H and O–H groups in total. The van der Waals surface area contributed by atoms with Gasteiger partial charge < -0.3 is 16.0 Å². The number of thiophene rings is 1. The highest BCUT2D eigenvalue weighted by Gasteiger charge is 2.22. The maximum absolute atomic E-state index is 11.7. The topological polar surface area (TPSA) is 70.2 Å². The van der Waals surface area contributed by atoms with Crippen molar-refractivity contribution in [1.82, 2.24) is 16.0 Å². The average molecular weight is 346 g/mol. The van der Waals surface area contributed by atoms with Crippen LogP contribution in [-0.2, 0) is 11.3 Å². The van der Waals surface area contributed by atoms with Crippen LogP contribution in [0.3, 0.4) is 0 Å². The van der Waals surface area contributed by atoms with Crippen LogP contribution in [0.1, 0.15) is 24.8 Å². The number of urea groups is 1. The summed E-state index contributed by atoms with van der Waals surface area (Å²) in [6.07, 6.45) is 2.61. The van der Waals surface area contributed by atoms with E-state index in [0.29, 0.717) is 19.5 Å². The van der Waals surface area contributed by atoms with Crippen molar-refractivity contribution in [2.24, 2.45) is 0 Å². The Balaban J connectivity index is 1.78. The van der Waals surface area contributed by atoms with Crippen LogP contribution in [-0.4, -0.2) is 24.5 Å². The Kier molecular flexibility index (Phi) is 5.21. The standard InChI is InChI=1S/C12H16BrN3O2S/c13-10-5-8(7-19-10)6-15-12(18)16-9-3-1-2-4-14-11(9)17/h5,7,9H,1-4,6H2,(H,14,17)(H2,15,16,18). The molecule has 2 rings (SSSR count). The van der Waals surface area contributed by atoms with Crippen molar-refractivity contribution in [1.29, 1.82) is 0 Å². The van der Waals surface area contributed by atoms with E-state index in [9.17, 15) is 9.59 Å². The molecule has 1 atom stereocenters. The van der Waals surface area contributed by atoms with Crippen molar-refractivity contribution in [3.63, 3.8) is 0 Å². The molecule has 0 radical (unpaired) electrons. The van der Waals surface area contributed by atoms with Crippen molar-refractivity contribution in [2.75, 3.05) is 6.54 Å². The van der Waals surface area contributed by atoms with Crippen LogP contribution in [0.5, 0.6) is 0 Å². The van der Waals surface area contributed by atoms with E-state index in [-0.39, 0.29) is 11.9 Å². The SMILES string of the molecule is O=C(NCc1csc(Br)c1)NC1CCCCNC1=O. The van der Waals surface area contributed by atoms with Gasteiger partial charge in [0.1, 0.15) is 6.04 Å². The second kappa shape index (κ2) is 6.91. The van der Waals surface area contributed by atoms with Crippen molar-refractivity contribution in [3.05, 3.63) is 20.8 Å². The monoisotopic (exact) mass is 345 g/mol. The summed E-state index contributed by atoms with van der Waals surface area (Å²) in [5, 5.41) is 10.2. The second-order valence-corrected chi connectivity index (χ2v) is 6.72. The van der Waals surface area contributed by atoms with Crippen LogP contribution < -0.4 is 16.0 Å². The van der Waals surface area contributed by atoms with Gasteiger partial charge in [-0.05, 0) is 52.2 Å². The van der Waals surface area contributed by atoms with Gasteiger partial charge in [-0.25, -0.2) is 4.79 Å². The van der Waals surface area contributed by atoms with Crippen LogP contribution in [0.25, 0.3) is 0 Å². The minimum absolute atomic E-state index is 0.0917. The first-order chi connectivity index (χ1) is 9.15. The van der Waals surface area contributed by atoms with Crippen LogP contribution in [0.15, 0.2) is 15.2 Å². The molecule has 2 heterocycles. The molecule has 3 amide bonds. The zero-order valence-electron chi connectivity index (χ0n) is 10.4. The van der Waals surface area contributed by atoms with Gasteiger partial charge in [0, 0.05) is 13.1 Å². The molecule has 1 aliphatic heterocycles. The third kappa shape index (κ3) is 4.50. The molecule has 1 aromatic rings. The number of halogens is 1. The Morgan fingerprint density at radius 1 is 1.53 bits per heavy atom. The molecule has 1 unspecified atom stereocenters. The molecule has 19 heavy (non-hydrogen) atoms. The number of carbonyl (C=O) groups excluding carboxylic acids is 2. The molecule has 0 aromatic carbocycles. The van der Waals surface area contributed by atoms with Gasteiger partial charge >= 0.3 is 6.03 Å². The zero-order valence-corrected chi connectivity index (χ0v) is 12.8. The average Bonchev–Trinajstić information content (AvgIpc) is 2.69. The van der Waals surface area contributed by atoms with Gasteiger partial charge in [0.05, 0.1) is 3.79 Å². The molecule has 5 nitrogen and oxygen atoms in total. The molecule has 1 fully saturated rings. The van der Waals surface area contributed by atoms with E-state index in [1.807, 2.05) is 11.4 Å². The van der Waals surface area contributed by atoms with E-state index < -0.39 is 6.04 Å². The van der Waals surface area contributed by atoms with E-state index in [4.69, 9.17) is 0 Å². The van der Waals surface area contributed by atoms with Crippen molar-refractivity contribution in [2.45, 2.75) is 31.8 Å². The fraction of sp³-hybridized carbons (Fsp3) is 0.500. The third-order valence-corrected chi connectivity index (χ3v) is 4.47. The quantitative estimate of drug-likeness (QED) is 0.783. The van der Waals surface area contributed by atoms with Gasteiger partial charge in [-0.2, -0.15) is 0 Å². The summed E-state index contributed by atoms with van der Waals surface area (Å²) < 4.78 is 1.04. The minimum atomic E-state index is -0.420. The van der Waals surface area contributed by atoms with Crippen LogP contribution in [0.2, 0.25) is 0 Å². The number of carbonyl (C=O) groups is 2. The van der Waals surface area contributed by atoms with E-state index in [2.05, 4.69) is 31.9 Å². The van der Waals surface area contributed by atoms with Crippen molar-refractivity contribution in [3.8, 4) is 0 Å². The molecule has 7 heteroatoms. The van der Waals surface area contributed by atoms with E-state index in [0.717, 1.165) is 22.2 Å². The van der Waals surface area contributed by atoms with Gasteiger partial charge in [-0.1, -0.05) is 0 Å². The van der Waals surface area contributed by atoms with Crippen LogP contribution >= 0.6 is 27.3 Å². The Bertz CT molecular complexity index is 464. The highest BCUT2D eigenvalue weighted by Crippen LogP contribution is 2.20. The Morgan fingerprint density at radius 3 is 3.11 bits per heavy atom. The molecular weight excluding hydrogens is 330 g/mol. The molecule has 1 aromatic heterocycles. The highest BCUT2D eigenvalue weighted by molar-refractivity contribution is 9.11. The zero-order chi connectivity index (χ0) is 13.7. The van der Waals surface area contributed by atoms with Crippen molar-refractivity contribution >= 4 is 39.2 Å². The van der Waals surface area contributed by atoms with E-state index in [1.165, 1.54) is 0 Å². The third-order valence-electron chi connectivity index (χ3n) is 2.92. The van der Waals surface area contributed by atoms with Gasteiger partial charge in [0.15, 0.2) is 0 Å². The van der Waals surface area contributed by atoms with Crippen LogP contribution in [0.4, 0.5) is 4.79 Å². The van der Waals surface area contributed by atoms with E-state index in [1.54, 1.807) is 11.3 Å². The highest BCUT2D eigenvalue weighted by atomic mass is 79.9. The molecular formula is C12H16BrN3O2S. The second-order valence-electron chi connectivity index (χ2n) is 4.43. The molecule has 0 aliphatic carbocycles. The molecule has 0 spiro atoms. The smallest absolute Gasteiger partial charge is 0.315 e. The summed E-state index contributed by atoms with van der Waals surface area (Å²) in [6, 6.07) is 1.24. The Labute approximate surface area is 124 Å². The fourth-order valence-corrected chi connectivity index (χ4v) is 3.12. The summed E-state index contributed by atoms with van der Waals surface area (Å²) in [5.41, 5.74) is 1.04. The van der Waals surface area contributed by atoms with E-state index >= 15 is 0 Å². The van der Waals surface area contributed by atoms with Gasteiger partial charge in [-0.15, -0.1) is 11.3 Å². The lowest BCUT2D eigenvalue weighted by Crippen LogP contribution is -2.48. The first kappa shape index (κ1) is 14.3. The number of hydrogen-bond donors (Lipinski definition) is 3. The molecule has 0 bridgehead atoms. The predicted octanol–water partition coefficient (Wildman–Crippen LogP) is 1.98. The normalized spacial score (nSPS) is 19.4. The summed E-state index contributed by atoms with van der Waals surface area (Å²) in [4.78, 5) is 23.4. The summed E-state index contributed by atoms with van der Waals surface area (Å²) in [6.45, 7) is 1.16. The van der Waals surface area contributed by atoms with Crippen LogP contribution in [0, 0.1) is 0 Å². The fourth-order valence-electron chi connectivity index (χ4n) is 1.91. The van der Waals surface area contributed by atoms with Gasteiger partial charge in [0.2, 0.25) is 5.91 Å². The number of amides is 3. The first-order valence-corrected chi connectivity index (χ1v) is 7.87. The van der Waals surface area contributed by atoms with Crippen molar-refractivity contribution < 1.29 is 9.59 Å². The summed E-state index contributed by atoms with van der Waals surface area (Å²) >= 11 is 4.95. The number of hydrogen-bond acceptors (Lipinski definition) is 3. The molecule has 1 saturated heterocycles. The molecule has 0 saturated carbocycles. The number of nitrogens with one attached hydrogen (secondary N) is 3.